The highest BCUT2D eigenvalue weighted by Crippen LogP contribution is 2.35. The van der Waals surface area contributed by atoms with Gasteiger partial charge in [0.25, 0.3) is 0 Å². The van der Waals surface area contributed by atoms with Crippen molar-refractivity contribution in [3.63, 3.8) is 0 Å². The molecular weight excluding hydrogens is 291 g/mol. The molecule has 0 atom stereocenters. The summed E-state index contributed by atoms with van der Waals surface area (Å²) < 4.78 is 43.1. The number of nitrogen functional groups attached to an aromatic ring is 1. The number of furan rings is 1. The zero-order valence-corrected chi connectivity index (χ0v) is 11.1. The molecule has 0 fully saturated rings. The molecule has 0 bridgehead atoms. The largest absolute Gasteiger partial charge is 0.468 e. The van der Waals surface area contributed by atoms with Gasteiger partial charge in [-0.05, 0) is 25.1 Å². The standard InChI is InChI=1S/C12H10F3N3OS/c1-6-8(4-5-19-6)20-11-7(10(16)17)2-3-9(18-11)12(13,14)15/h2-5H,1H3,(H3,16,17). The summed E-state index contributed by atoms with van der Waals surface area (Å²) in [6, 6.07) is 3.57. The molecular formula is C12H10F3N3OS. The number of aryl methyl sites for hydroxylation is 1. The van der Waals surface area contributed by atoms with E-state index in [1.807, 2.05) is 0 Å². The zero-order chi connectivity index (χ0) is 14.9. The Kier molecular flexibility index (Phi) is 3.76. The van der Waals surface area contributed by atoms with E-state index in [1.54, 1.807) is 13.0 Å². The summed E-state index contributed by atoms with van der Waals surface area (Å²) in [7, 11) is 0. The van der Waals surface area contributed by atoms with Crippen molar-refractivity contribution >= 4 is 17.6 Å². The Hall–Kier alpha value is -1.96. The first-order valence-corrected chi connectivity index (χ1v) is 6.25. The minimum atomic E-state index is -4.55. The van der Waals surface area contributed by atoms with Gasteiger partial charge in [0.15, 0.2) is 0 Å². The highest BCUT2D eigenvalue weighted by Gasteiger charge is 2.33. The Labute approximate surface area is 116 Å². The first-order valence-electron chi connectivity index (χ1n) is 5.43. The van der Waals surface area contributed by atoms with E-state index in [-0.39, 0.29) is 16.4 Å². The third kappa shape index (κ3) is 2.96. The molecule has 0 unspecified atom stereocenters. The second kappa shape index (κ2) is 5.20. The third-order valence-corrected chi connectivity index (χ3v) is 3.61. The molecule has 0 saturated carbocycles. The number of rotatable bonds is 3. The van der Waals surface area contributed by atoms with Gasteiger partial charge in [0, 0.05) is 5.56 Å². The lowest BCUT2D eigenvalue weighted by Crippen LogP contribution is -2.16. The number of nitrogens with zero attached hydrogens (tertiary/aromatic N) is 1. The van der Waals surface area contributed by atoms with Gasteiger partial charge in [-0.15, -0.1) is 0 Å². The van der Waals surface area contributed by atoms with Crippen molar-refractivity contribution in [3.05, 3.63) is 41.5 Å². The van der Waals surface area contributed by atoms with Crippen molar-refractivity contribution in [3.8, 4) is 0 Å². The number of aromatic nitrogens is 1. The Morgan fingerprint density at radius 1 is 1.35 bits per heavy atom. The number of alkyl halides is 3. The van der Waals surface area contributed by atoms with Crippen LogP contribution >= 0.6 is 11.8 Å². The van der Waals surface area contributed by atoms with Crippen LogP contribution in [0.5, 0.6) is 0 Å². The van der Waals surface area contributed by atoms with Crippen LogP contribution in [0.4, 0.5) is 13.2 Å². The summed E-state index contributed by atoms with van der Waals surface area (Å²) in [4.78, 5) is 4.18. The van der Waals surface area contributed by atoms with Gasteiger partial charge in [-0.1, -0.05) is 11.8 Å². The number of pyridine rings is 1. The Bertz CT molecular complexity index is 652. The fourth-order valence-corrected chi connectivity index (χ4v) is 2.42. The van der Waals surface area contributed by atoms with E-state index in [9.17, 15) is 13.2 Å². The predicted molar refractivity (Wildman–Crippen MR) is 67.8 cm³/mol. The van der Waals surface area contributed by atoms with Gasteiger partial charge < -0.3 is 10.2 Å². The summed E-state index contributed by atoms with van der Waals surface area (Å²) in [5, 5.41) is 7.43. The van der Waals surface area contributed by atoms with Crippen LogP contribution in [0.15, 0.2) is 38.8 Å². The van der Waals surface area contributed by atoms with Crippen LogP contribution < -0.4 is 5.73 Å². The monoisotopic (exact) mass is 301 g/mol. The molecule has 2 rings (SSSR count). The van der Waals surface area contributed by atoms with Gasteiger partial charge in [-0.25, -0.2) is 4.98 Å². The number of hydrogen-bond acceptors (Lipinski definition) is 4. The third-order valence-electron chi connectivity index (χ3n) is 2.46. The molecule has 0 aromatic carbocycles. The molecule has 0 amide bonds. The molecule has 0 spiro atoms. The summed E-state index contributed by atoms with van der Waals surface area (Å²) in [5.74, 6) is 0.221. The zero-order valence-electron chi connectivity index (χ0n) is 10.3. The number of halogens is 3. The fourth-order valence-electron chi connectivity index (χ4n) is 1.46. The molecule has 0 aliphatic heterocycles. The lowest BCUT2D eigenvalue weighted by Gasteiger charge is -2.11. The van der Waals surface area contributed by atoms with E-state index in [0.717, 1.165) is 23.9 Å². The van der Waals surface area contributed by atoms with Crippen molar-refractivity contribution in [1.29, 1.82) is 5.41 Å². The molecule has 2 aromatic heterocycles. The first kappa shape index (κ1) is 14.4. The van der Waals surface area contributed by atoms with Crippen LogP contribution in [0.25, 0.3) is 0 Å². The quantitative estimate of drug-likeness (QED) is 0.672. The second-order valence-corrected chi connectivity index (χ2v) is 4.93. The molecule has 2 heterocycles. The Morgan fingerprint density at radius 2 is 2.05 bits per heavy atom. The van der Waals surface area contributed by atoms with Crippen LogP contribution in [0.2, 0.25) is 0 Å². The van der Waals surface area contributed by atoms with Crippen molar-refractivity contribution in [2.75, 3.05) is 0 Å². The number of nitrogens with two attached hydrogens (primary N) is 1. The lowest BCUT2D eigenvalue weighted by molar-refractivity contribution is -0.141. The maximum absolute atomic E-state index is 12.7. The summed E-state index contributed by atoms with van der Waals surface area (Å²) >= 11 is 0.980. The second-order valence-electron chi connectivity index (χ2n) is 3.90. The van der Waals surface area contributed by atoms with Gasteiger partial charge >= 0.3 is 6.18 Å². The predicted octanol–water partition coefficient (Wildman–Crippen LogP) is 3.44. The highest BCUT2D eigenvalue weighted by atomic mass is 32.2. The fraction of sp³-hybridized carbons (Fsp3) is 0.167. The molecule has 0 aliphatic rings. The minimum Gasteiger partial charge on any atom is -0.468 e. The van der Waals surface area contributed by atoms with Crippen LogP contribution in [0, 0.1) is 12.3 Å². The van der Waals surface area contributed by atoms with Crippen LogP contribution in [0.1, 0.15) is 17.0 Å². The smallest absolute Gasteiger partial charge is 0.433 e. The van der Waals surface area contributed by atoms with Gasteiger partial charge in [0.2, 0.25) is 0 Å². The molecule has 8 heteroatoms. The van der Waals surface area contributed by atoms with Gasteiger partial charge in [0.1, 0.15) is 22.3 Å². The average molecular weight is 301 g/mol. The maximum atomic E-state index is 12.7. The maximum Gasteiger partial charge on any atom is 0.433 e. The summed E-state index contributed by atoms with van der Waals surface area (Å²) in [6.45, 7) is 1.68. The molecule has 3 N–H and O–H groups in total. The number of nitrogens with one attached hydrogen (secondary N) is 1. The molecule has 106 valence electrons. The highest BCUT2D eigenvalue weighted by molar-refractivity contribution is 7.99. The van der Waals surface area contributed by atoms with E-state index in [0.29, 0.717) is 10.7 Å². The van der Waals surface area contributed by atoms with Crippen LogP contribution in [-0.2, 0) is 6.18 Å². The van der Waals surface area contributed by atoms with E-state index < -0.39 is 11.9 Å². The van der Waals surface area contributed by atoms with Gasteiger partial charge in [-0.3, -0.25) is 5.41 Å². The van der Waals surface area contributed by atoms with Crippen molar-refractivity contribution in [2.45, 2.75) is 23.0 Å². The van der Waals surface area contributed by atoms with Gasteiger partial charge in [0.05, 0.1) is 11.2 Å². The van der Waals surface area contributed by atoms with Crippen molar-refractivity contribution < 1.29 is 17.6 Å². The van der Waals surface area contributed by atoms with E-state index in [1.165, 1.54) is 6.26 Å². The molecule has 0 radical (unpaired) electrons. The SMILES string of the molecule is Cc1occc1Sc1nc(C(F)(F)F)ccc1C(=N)N. The number of hydrogen-bond donors (Lipinski definition) is 2. The minimum absolute atomic E-state index is 0.0248. The van der Waals surface area contributed by atoms with Crippen molar-refractivity contribution in [1.82, 2.24) is 4.98 Å². The number of amidine groups is 1. The molecule has 2 aromatic rings. The van der Waals surface area contributed by atoms with Crippen LogP contribution in [-0.4, -0.2) is 10.8 Å². The van der Waals surface area contributed by atoms with E-state index in [2.05, 4.69) is 4.98 Å². The molecule has 4 nitrogen and oxygen atoms in total. The van der Waals surface area contributed by atoms with E-state index >= 15 is 0 Å². The van der Waals surface area contributed by atoms with Crippen LogP contribution in [0.3, 0.4) is 0 Å². The lowest BCUT2D eigenvalue weighted by atomic mass is 10.2. The Balaban J connectivity index is 2.47. The summed E-state index contributed by atoms with van der Waals surface area (Å²) in [6.07, 6.45) is -3.12. The van der Waals surface area contributed by atoms with E-state index in [4.69, 9.17) is 15.6 Å². The molecule has 0 aliphatic carbocycles. The molecule has 0 saturated heterocycles. The van der Waals surface area contributed by atoms with Crippen molar-refractivity contribution in [2.24, 2.45) is 5.73 Å². The first-order chi connectivity index (χ1) is 9.29. The average Bonchev–Trinajstić information content (AvgIpc) is 2.73. The Morgan fingerprint density at radius 3 is 2.55 bits per heavy atom. The van der Waals surface area contributed by atoms with Gasteiger partial charge in [-0.2, -0.15) is 13.2 Å². The summed E-state index contributed by atoms with van der Waals surface area (Å²) in [5.41, 5.74) is 4.50. The normalized spacial score (nSPS) is 11.6. The topological polar surface area (TPSA) is 75.9 Å². The molecule has 20 heavy (non-hydrogen) atoms.